The van der Waals surface area contributed by atoms with Gasteiger partial charge in [-0.15, -0.1) is 0 Å². The highest BCUT2D eigenvalue weighted by Gasteiger charge is 2.78. The number of pyridine rings is 1. The molecule has 7 atom stereocenters. The van der Waals surface area contributed by atoms with E-state index in [0.29, 0.717) is 12.5 Å². The average molecular weight is 356 g/mol. The van der Waals surface area contributed by atoms with Gasteiger partial charge in [0.15, 0.2) is 0 Å². The van der Waals surface area contributed by atoms with Gasteiger partial charge in [-0.3, -0.25) is 9.78 Å². The Hall–Kier alpha value is -1.46. The summed E-state index contributed by atoms with van der Waals surface area (Å²) in [7, 11) is 0. The summed E-state index contributed by atoms with van der Waals surface area (Å²) in [5.41, 5.74) is 1.28. The van der Waals surface area contributed by atoms with Crippen LogP contribution in [0, 0.1) is 23.2 Å². The SMILES string of the molecule is C[C@@H]1CCC[C@@]2(C)C[C@H]3OC(=O)[C@H](CNCc4cccnc4)[C@@H]3[C@@H]3O[C@]132. The molecule has 5 rings (SSSR count). The number of nitrogens with one attached hydrogen (secondary N) is 1. The molecule has 0 aromatic carbocycles. The largest absolute Gasteiger partial charge is 0.462 e. The normalized spacial score (nSPS) is 46.1. The van der Waals surface area contributed by atoms with Crippen LogP contribution in [0.25, 0.3) is 0 Å². The van der Waals surface area contributed by atoms with Crippen molar-refractivity contribution < 1.29 is 14.3 Å². The van der Waals surface area contributed by atoms with Crippen molar-refractivity contribution >= 4 is 5.97 Å². The third-order valence-electron chi connectivity index (χ3n) is 7.61. The number of fused-ring (bicyclic) bond motifs is 2. The number of epoxide rings is 1. The van der Waals surface area contributed by atoms with Crippen molar-refractivity contribution in [3.63, 3.8) is 0 Å². The van der Waals surface area contributed by atoms with Crippen LogP contribution >= 0.6 is 0 Å². The molecule has 5 heteroatoms. The van der Waals surface area contributed by atoms with Crippen LogP contribution in [0.2, 0.25) is 0 Å². The molecule has 0 bridgehead atoms. The summed E-state index contributed by atoms with van der Waals surface area (Å²) in [6.07, 6.45) is 8.51. The zero-order chi connectivity index (χ0) is 17.9. The van der Waals surface area contributed by atoms with Crippen molar-refractivity contribution in [3.8, 4) is 0 Å². The summed E-state index contributed by atoms with van der Waals surface area (Å²) < 4.78 is 12.3. The van der Waals surface area contributed by atoms with E-state index in [4.69, 9.17) is 9.47 Å². The Morgan fingerprint density at radius 3 is 3.12 bits per heavy atom. The number of hydrogen-bond acceptors (Lipinski definition) is 5. The van der Waals surface area contributed by atoms with Crippen molar-refractivity contribution in [2.75, 3.05) is 6.54 Å². The Kier molecular flexibility index (Phi) is 3.70. The van der Waals surface area contributed by atoms with Crippen LogP contribution in [0.15, 0.2) is 24.5 Å². The van der Waals surface area contributed by atoms with E-state index in [1.54, 1.807) is 6.20 Å². The summed E-state index contributed by atoms with van der Waals surface area (Å²) in [6.45, 7) is 6.07. The molecule has 0 amide bonds. The van der Waals surface area contributed by atoms with Gasteiger partial charge in [-0.2, -0.15) is 0 Å². The lowest BCUT2D eigenvalue weighted by molar-refractivity contribution is -0.146. The first-order valence-electron chi connectivity index (χ1n) is 10.0. The molecule has 2 saturated heterocycles. The standard InChI is InChI=1S/C21H28N2O3/c1-13-5-3-7-20(2)9-16-17(18-21(13,20)26-18)15(19(24)25-16)12-23-11-14-6-4-8-22-10-14/h4,6,8,10,13,15-18,23H,3,5,7,9,11-12H2,1-2H3/t13-,15-,16-,17+,18+,20+,21-/m1/s1. The first-order chi connectivity index (χ1) is 12.6. The number of hydrogen-bond donors (Lipinski definition) is 1. The molecule has 140 valence electrons. The van der Waals surface area contributed by atoms with E-state index in [1.165, 1.54) is 19.3 Å². The van der Waals surface area contributed by atoms with Crippen molar-refractivity contribution in [3.05, 3.63) is 30.1 Å². The minimum absolute atomic E-state index is 0.0119. The summed E-state index contributed by atoms with van der Waals surface area (Å²) in [4.78, 5) is 16.7. The molecule has 2 aliphatic carbocycles. The molecule has 4 aliphatic rings. The molecule has 0 unspecified atom stereocenters. The number of rotatable bonds is 4. The second kappa shape index (κ2) is 5.77. The van der Waals surface area contributed by atoms with E-state index in [1.807, 2.05) is 18.3 Å². The number of carbonyl (C=O) groups is 1. The molecule has 26 heavy (non-hydrogen) atoms. The smallest absolute Gasteiger partial charge is 0.311 e. The molecule has 1 aromatic rings. The fourth-order valence-electron chi connectivity index (χ4n) is 6.34. The molecule has 0 radical (unpaired) electrons. The second-order valence-electron chi connectivity index (χ2n) is 9.04. The molecule has 3 heterocycles. The predicted octanol–water partition coefficient (Wildman–Crippen LogP) is 2.70. The Morgan fingerprint density at radius 1 is 1.42 bits per heavy atom. The first-order valence-corrected chi connectivity index (χ1v) is 10.0. The number of nitrogens with zero attached hydrogens (tertiary/aromatic N) is 1. The molecule has 4 fully saturated rings. The lowest BCUT2D eigenvalue weighted by atomic mass is 9.53. The van der Waals surface area contributed by atoms with Crippen LogP contribution in [0.4, 0.5) is 0 Å². The van der Waals surface area contributed by atoms with Crippen LogP contribution in [0.1, 0.15) is 45.1 Å². The zero-order valence-electron chi connectivity index (χ0n) is 15.6. The monoisotopic (exact) mass is 356 g/mol. The summed E-state index contributed by atoms with van der Waals surface area (Å²) in [5, 5.41) is 3.44. The summed E-state index contributed by atoms with van der Waals surface area (Å²) in [5.74, 6) is 0.642. The molecule has 5 nitrogen and oxygen atoms in total. The van der Waals surface area contributed by atoms with E-state index >= 15 is 0 Å². The predicted molar refractivity (Wildman–Crippen MR) is 96.1 cm³/mol. The van der Waals surface area contributed by atoms with E-state index in [0.717, 1.165) is 18.5 Å². The Morgan fingerprint density at radius 2 is 2.31 bits per heavy atom. The van der Waals surface area contributed by atoms with Gasteiger partial charge < -0.3 is 14.8 Å². The fourth-order valence-corrected chi connectivity index (χ4v) is 6.34. The van der Waals surface area contributed by atoms with E-state index in [-0.39, 0.29) is 41.0 Å². The highest BCUT2D eigenvalue weighted by atomic mass is 16.6. The van der Waals surface area contributed by atoms with Gasteiger partial charge in [0, 0.05) is 36.8 Å². The van der Waals surface area contributed by atoms with E-state index < -0.39 is 0 Å². The van der Waals surface area contributed by atoms with Gasteiger partial charge >= 0.3 is 5.97 Å². The lowest BCUT2D eigenvalue weighted by Gasteiger charge is -2.48. The third kappa shape index (κ3) is 2.23. The molecule has 1 aromatic heterocycles. The molecule has 2 saturated carbocycles. The maximum absolute atomic E-state index is 12.6. The zero-order valence-corrected chi connectivity index (χ0v) is 15.6. The van der Waals surface area contributed by atoms with Crippen LogP contribution in [-0.2, 0) is 20.8 Å². The number of carbonyl (C=O) groups excluding carboxylic acids is 1. The maximum atomic E-state index is 12.6. The second-order valence-corrected chi connectivity index (χ2v) is 9.04. The van der Waals surface area contributed by atoms with Crippen molar-refractivity contribution in [1.82, 2.24) is 10.3 Å². The Bertz CT molecular complexity index is 710. The number of aromatic nitrogens is 1. The van der Waals surface area contributed by atoms with Gasteiger partial charge in [-0.25, -0.2) is 0 Å². The molecular weight excluding hydrogens is 328 g/mol. The van der Waals surface area contributed by atoms with Gasteiger partial charge in [-0.05, 0) is 36.8 Å². The molecule has 2 aliphatic heterocycles. The third-order valence-corrected chi connectivity index (χ3v) is 7.61. The van der Waals surface area contributed by atoms with Crippen LogP contribution in [0.5, 0.6) is 0 Å². The van der Waals surface area contributed by atoms with Gasteiger partial charge in [0.05, 0.1) is 12.0 Å². The molecular formula is C21H28N2O3. The maximum Gasteiger partial charge on any atom is 0.311 e. The highest BCUT2D eigenvalue weighted by molar-refractivity contribution is 5.76. The van der Waals surface area contributed by atoms with Crippen LogP contribution in [-0.4, -0.2) is 35.3 Å². The molecule has 1 spiro atoms. The van der Waals surface area contributed by atoms with E-state index in [9.17, 15) is 4.79 Å². The first kappa shape index (κ1) is 16.7. The lowest BCUT2D eigenvalue weighted by Crippen LogP contribution is -2.54. The minimum Gasteiger partial charge on any atom is -0.462 e. The van der Waals surface area contributed by atoms with Gasteiger partial charge in [0.25, 0.3) is 0 Å². The average Bonchev–Trinajstić information content (AvgIpc) is 3.30. The highest BCUT2D eigenvalue weighted by Crippen LogP contribution is 2.70. The summed E-state index contributed by atoms with van der Waals surface area (Å²) >= 11 is 0. The summed E-state index contributed by atoms with van der Waals surface area (Å²) in [6, 6.07) is 3.98. The fraction of sp³-hybridized carbons (Fsp3) is 0.714. The topological polar surface area (TPSA) is 63.8 Å². The number of ether oxygens (including phenoxy) is 2. The van der Waals surface area contributed by atoms with Crippen LogP contribution < -0.4 is 5.32 Å². The quantitative estimate of drug-likeness (QED) is 0.664. The van der Waals surface area contributed by atoms with E-state index in [2.05, 4.69) is 24.1 Å². The Labute approximate surface area is 154 Å². The van der Waals surface area contributed by atoms with Crippen molar-refractivity contribution in [1.29, 1.82) is 0 Å². The van der Waals surface area contributed by atoms with Gasteiger partial charge in [0.2, 0.25) is 0 Å². The Balaban J connectivity index is 1.32. The minimum atomic E-state index is -0.0975. The van der Waals surface area contributed by atoms with Crippen molar-refractivity contribution in [2.45, 2.75) is 63.9 Å². The van der Waals surface area contributed by atoms with Crippen LogP contribution in [0.3, 0.4) is 0 Å². The number of esters is 1. The van der Waals surface area contributed by atoms with Gasteiger partial charge in [0.1, 0.15) is 11.7 Å². The van der Waals surface area contributed by atoms with Crippen molar-refractivity contribution in [2.24, 2.45) is 23.2 Å². The molecule has 1 N–H and O–H groups in total. The van der Waals surface area contributed by atoms with Gasteiger partial charge in [-0.1, -0.05) is 26.3 Å².